The Bertz CT molecular complexity index is 343. The molecule has 1 aliphatic carbocycles. The van der Waals surface area contributed by atoms with Gasteiger partial charge in [-0.15, -0.1) is 0 Å². The van der Waals surface area contributed by atoms with E-state index in [1.807, 2.05) is 0 Å². The molecule has 2 heterocycles. The van der Waals surface area contributed by atoms with E-state index in [0.717, 1.165) is 25.0 Å². The molecule has 0 N–H and O–H groups in total. The second-order valence-electron chi connectivity index (χ2n) is 10.1. The van der Waals surface area contributed by atoms with E-state index in [1.165, 1.54) is 51.4 Å². The third kappa shape index (κ3) is 8.44. The molecule has 2 aliphatic heterocycles. The van der Waals surface area contributed by atoms with Crippen LogP contribution in [0.2, 0.25) is 0 Å². The summed E-state index contributed by atoms with van der Waals surface area (Å²) < 4.78 is 11.2. The molecule has 164 valence electrons. The van der Waals surface area contributed by atoms with Crippen LogP contribution in [0.1, 0.15) is 108 Å². The van der Waals surface area contributed by atoms with Gasteiger partial charge in [0.1, 0.15) is 0 Å². The van der Waals surface area contributed by atoms with Crippen molar-refractivity contribution in [2.24, 2.45) is 29.1 Å². The quantitative estimate of drug-likeness (QED) is 0.493. The summed E-state index contributed by atoms with van der Waals surface area (Å²) in [6.45, 7) is 19.9. The van der Waals surface area contributed by atoms with Gasteiger partial charge >= 0.3 is 0 Å². The van der Waals surface area contributed by atoms with Gasteiger partial charge < -0.3 is 9.47 Å². The highest BCUT2D eigenvalue weighted by atomic mass is 16.6. The Morgan fingerprint density at radius 2 is 1.04 bits per heavy atom. The first-order valence-corrected chi connectivity index (χ1v) is 12.0. The van der Waals surface area contributed by atoms with Crippen molar-refractivity contribution in [3.63, 3.8) is 0 Å². The molecular formula is C25H52O2. The Morgan fingerprint density at radius 3 is 1.26 bits per heavy atom. The molecule has 0 aromatic rings. The van der Waals surface area contributed by atoms with E-state index in [1.54, 1.807) is 0 Å². The van der Waals surface area contributed by atoms with Crippen LogP contribution in [0.4, 0.5) is 0 Å². The molecule has 4 atom stereocenters. The van der Waals surface area contributed by atoms with Gasteiger partial charge in [0.25, 0.3) is 0 Å². The van der Waals surface area contributed by atoms with Gasteiger partial charge in [-0.1, -0.05) is 107 Å². The van der Waals surface area contributed by atoms with Crippen molar-refractivity contribution >= 4 is 0 Å². The standard InChI is InChI=1S/C10H20.C8H14O2.C7H16.H2/c1-3-9-5-7-10(4-2)8-6-9;1-5-3-9-8-6(2)4-10-7(5)8;1-5-7(3,4)6-2;/h9-10H,3-8H2,1-2H3;5-8H,3-4H2,1-2H3;5-6H2,1-4H3;1H. The second kappa shape index (κ2) is 12.5. The fourth-order valence-corrected chi connectivity index (χ4v) is 4.18. The van der Waals surface area contributed by atoms with Crippen LogP contribution >= 0.6 is 0 Å². The van der Waals surface area contributed by atoms with Crippen molar-refractivity contribution < 1.29 is 10.9 Å². The Hall–Kier alpha value is -0.0800. The van der Waals surface area contributed by atoms with Gasteiger partial charge in [-0.3, -0.25) is 0 Å². The van der Waals surface area contributed by atoms with Crippen LogP contribution in [0.3, 0.4) is 0 Å². The number of hydrogen-bond donors (Lipinski definition) is 0. The van der Waals surface area contributed by atoms with E-state index in [0.29, 0.717) is 29.5 Å². The van der Waals surface area contributed by atoms with E-state index in [2.05, 4.69) is 55.4 Å². The van der Waals surface area contributed by atoms with E-state index >= 15 is 0 Å². The summed E-state index contributed by atoms with van der Waals surface area (Å²) in [5.74, 6) is 3.36. The molecule has 3 fully saturated rings. The van der Waals surface area contributed by atoms with Crippen LogP contribution in [0.5, 0.6) is 0 Å². The summed E-state index contributed by atoms with van der Waals surface area (Å²) in [6.07, 6.45) is 12.2. The lowest BCUT2D eigenvalue weighted by molar-refractivity contribution is 0.0627. The molecule has 0 spiro atoms. The predicted molar refractivity (Wildman–Crippen MR) is 120 cm³/mol. The van der Waals surface area contributed by atoms with Crippen LogP contribution in [0.15, 0.2) is 0 Å². The van der Waals surface area contributed by atoms with Crippen molar-refractivity contribution in [1.82, 2.24) is 0 Å². The third-order valence-corrected chi connectivity index (χ3v) is 7.58. The highest BCUT2D eigenvalue weighted by Gasteiger charge is 2.43. The molecule has 0 bridgehead atoms. The molecule has 0 aromatic heterocycles. The van der Waals surface area contributed by atoms with Crippen LogP contribution in [-0.2, 0) is 9.47 Å². The minimum Gasteiger partial charge on any atom is -0.375 e. The van der Waals surface area contributed by atoms with Crippen molar-refractivity contribution in [2.45, 2.75) is 119 Å². The Morgan fingerprint density at radius 1 is 0.704 bits per heavy atom. The van der Waals surface area contributed by atoms with Crippen molar-refractivity contribution in [2.75, 3.05) is 13.2 Å². The molecule has 2 saturated heterocycles. The average Bonchev–Trinajstić information content (AvgIpc) is 3.26. The molecule has 4 unspecified atom stereocenters. The Kier molecular flexibility index (Phi) is 11.5. The van der Waals surface area contributed by atoms with Gasteiger partial charge in [-0.05, 0) is 17.3 Å². The fraction of sp³-hybridized carbons (Fsp3) is 1.00. The largest absolute Gasteiger partial charge is 0.375 e. The first-order valence-electron chi connectivity index (χ1n) is 12.0. The fourth-order valence-electron chi connectivity index (χ4n) is 4.18. The predicted octanol–water partition coefficient (Wildman–Crippen LogP) is 7.75. The number of ether oxygens (including phenoxy) is 2. The first kappa shape index (κ1) is 25.0. The summed E-state index contributed by atoms with van der Waals surface area (Å²) in [7, 11) is 0. The molecule has 2 nitrogen and oxygen atoms in total. The Balaban J connectivity index is 0.000000392. The van der Waals surface area contributed by atoms with Gasteiger partial charge in [0.05, 0.1) is 25.4 Å². The van der Waals surface area contributed by atoms with E-state index < -0.39 is 0 Å². The smallest absolute Gasteiger partial charge is 0.0887 e. The van der Waals surface area contributed by atoms with Crippen LogP contribution in [-0.4, -0.2) is 25.4 Å². The first-order chi connectivity index (χ1) is 12.8. The normalized spacial score (nSPS) is 35.6. The maximum Gasteiger partial charge on any atom is 0.0887 e. The summed E-state index contributed by atoms with van der Waals surface area (Å²) in [4.78, 5) is 0. The van der Waals surface area contributed by atoms with Gasteiger partial charge in [0, 0.05) is 13.3 Å². The Labute approximate surface area is 172 Å². The molecular weight excluding hydrogens is 332 g/mol. The van der Waals surface area contributed by atoms with Gasteiger partial charge in [-0.2, -0.15) is 0 Å². The lowest BCUT2D eigenvalue weighted by atomic mass is 9.80. The maximum atomic E-state index is 5.58. The summed E-state index contributed by atoms with van der Waals surface area (Å²) >= 11 is 0. The zero-order valence-electron chi connectivity index (χ0n) is 19.9. The number of fused-ring (bicyclic) bond motifs is 1. The average molecular weight is 385 g/mol. The number of hydrogen-bond acceptors (Lipinski definition) is 2. The molecule has 2 heteroatoms. The SMILES string of the molecule is CC1COC2C(C)COC12.CCC(C)(C)CC.CCC1CCC(CC)CC1.[HH]. The summed E-state index contributed by atoms with van der Waals surface area (Å²) in [6, 6.07) is 0. The van der Waals surface area contributed by atoms with Gasteiger partial charge in [-0.25, -0.2) is 0 Å². The van der Waals surface area contributed by atoms with Crippen molar-refractivity contribution in [3.8, 4) is 0 Å². The highest BCUT2D eigenvalue weighted by Crippen LogP contribution is 2.34. The molecule has 0 radical (unpaired) electrons. The van der Waals surface area contributed by atoms with Crippen molar-refractivity contribution in [3.05, 3.63) is 0 Å². The van der Waals surface area contributed by atoms with Gasteiger partial charge in [0.2, 0.25) is 0 Å². The van der Waals surface area contributed by atoms with Crippen molar-refractivity contribution in [1.29, 1.82) is 0 Å². The van der Waals surface area contributed by atoms with Gasteiger partial charge in [0.15, 0.2) is 0 Å². The zero-order chi connectivity index (χ0) is 20.4. The minimum atomic E-state index is 0. The monoisotopic (exact) mass is 384 g/mol. The summed E-state index contributed by atoms with van der Waals surface area (Å²) in [5.41, 5.74) is 0.583. The van der Waals surface area contributed by atoms with Crippen LogP contribution in [0.25, 0.3) is 0 Å². The molecule has 1 saturated carbocycles. The summed E-state index contributed by atoms with van der Waals surface area (Å²) in [5, 5.41) is 0. The molecule has 27 heavy (non-hydrogen) atoms. The third-order valence-electron chi connectivity index (χ3n) is 7.58. The highest BCUT2D eigenvalue weighted by molar-refractivity contribution is 4.90. The molecule has 0 aromatic carbocycles. The maximum absolute atomic E-state index is 5.58. The zero-order valence-corrected chi connectivity index (χ0v) is 19.9. The topological polar surface area (TPSA) is 18.5 Å². The minimum absolute atomic E-state index is 0. The lowest BCUT2D eigenvalue weighted by Gasteiger charge is -2.26. The molecule has 3 rings (SSSR count). The van der Waals surface area contributed by atoms with Crippen LogP contribution < -0.4 is 0 Å². The molecule has 0 amide bonds. The second-order valence-corrected chi connectivity index (χ2v) is 10.1. The number of rotatable bonds is 4. The molecule has 3 aliphatic rings. The van der Waals surface area contributed by atoms with Crippen LogP contribution in [0, 0.1) is 29.1 Å². The van der Waals surface area contributed by atoms with E-state index in [-0.39, 0.29) is 1.43 Å². The lowest BCUT2D eigenvalue weighted by Crippen LogP contribution is -2.23. The van der Waals surface area contributed by atoms with E-state index in [9.17, 15) is 0 Å². The van der Waals surface area contributed by atoms with E-state index in [4.69, 9.17) is 9.47 Å².